The van der Waals surface area contributed by atoms with Crippen LogP contribution in [-0.4, -0.2) is 28.3 Å². The largest absolute Gasteiger partial charge is 0.384 e. The van der Waals surface area contributed by atoms with Crippen molar-refractivity contribution in [3.8, 4) is 11.1 Å². The Morgan fingerprint density at radius 2 is 1.83 bits per heavy atom. The molecule has 0 bridgehead atoms. The molecular formula is C22H20ClFN4O2. The Labute approximate surface area is 178 Å². The van der Waals surface area contributed by atoms with Crippen LogP contribution >= 0.6 is 11.8 Å². The molecular weight excluding hydrogens is 407 g/mol. The summed E-state index contributed by atoms with van der Waals surface area (Å²) in [5, 5.41) is 7.41. The molecule has 2 aromatic carbocycles. The average Bonchev–Trinajstić information content (AvgIpc) is 2.76. The van der Waals surface area contributed by atoms with Crippen LogP contribution in [0.1, 0.15) is 22.8 Å². The predicted octanol–water partition coefficient (Wildman–Crippen LogP) is 4.04. The second-order valence-corrected chi connectivity index (χ2v) is 6.97. The van der Waals surface area contributed by atoms with E-state index in [1.54, 1.807) is 54.9 Å². The quantitative estimate of drug-likeness (QED) is 0.339. The van der Waals surface area contributed by atoms with Gasteiger partial charge in [0.1, 0.15) is 11.7 Å². The minimum absolute atomic E-state index is 0.0505. The highest BCUT2D eigenvalue weighted by Gasteiger charge is 2.28. The van der Waals surface area contributed by atoms with Crippen LogP contribution in [0.15, 0.2) is 67.0 Å². The Morgan fingerprint density at radius 1 is 1.17 bits per heavy atom. The summed E-state index contributed by atoms with van der Waals surface area (Å²) in [6, 6.07) is 14.9. The standard InChI is InChI=1S/C22H20ClFN4O2/c1-30-20(18-7-6-17(12-19(18)24)15-8-10-27-11-9-15)22(29)28(23)13-14-2-4-16(5-3-14)21(25)26/h2-12,20H,13H2,1H3,(H3,25,26). The third-order valence-electron chi connectivity index (χ3n) is 4.58. The van der Waals surface area contributed by atoms with Gasteiger partial charge in [0, 0.05) is 42.4 Å². The summed E-state index contributed by atoms with van der Waals surface area (Å²) in [7, 11) is 1.32. The fourth-order valence-electron chi connectivity index (χ4n) is 2.98. The third-order valence-corrected chi connectivity index (χ3v) is 4.87. The number of halogens is 2. The van der Waals surface area contributed by atoms with Crippen molar-refractivity contribution in [2.75, 3.05) is 7.11 Å². The molecule has 0 aliphatic heterocycles. The fraction of sp³-hybridized carbons (Fsp3) is 0.136. The van der Waals surface area contributed by atoms with Crippen LogP contribution in [-0.2, 0) is 16.1 Å². The second kappa shape index (κ2) is 9.47. The first-order valence-corrected chi connectivity index (χ1v) is 9.37. The molecule has 0 saturated heterocycles. The minimum Gasteiger partial charge on any atom is -0.384 e. The first kappa shape index (κ1) is 21.4. The van der Waals surface area contributed by atoms with Crippen LogP contribution in [0.4, 0.5) is 4.39 Å². The Bertz CT molecular complexity index is 1040. The summed E-state index contributed by atoms with van der Waals surface area (Å²) >= 11 is 6.18. The van der Waals surface area contributed by atoms with E-state index in [4.69, 9.17) is 27.7 Å². The molecule has 1 atom stereocenters. The number of nitrogens with zero attached hydrogens (tertiary/aromatic N) is 2. The van der Waals surface area contributed by atoms with Gasteiger partial charge in [-0.25, -0.2) is 8.81 Å². The number of benzene rings is 2. The molecule has 0 saturated carbocycles. The van der Waals surface area contributed by atoms with Gasteiger partial charge in [0.05, 0.1) is 6.54 Å². The van der Waals surface area contributed by atoms with Crippen molar-refractivity contribution in [1.82, 2.24) is 9.40 Å². The summed E-state index contributed by atoms with van der Waals surface area (Å²) in [5.74, 6) is -1.21. The fourth-order valence-corrected chi connectivity index (χ4v) is 3.21. The third kappa shape index (κ3) is 4.82. The second-order valence-electron chi connectivity index (χ2n) is 6.56. The number of hydrogen-bond donors (Lipinski definition) is 2. The molecule has 154 valence electrons. The van der Waals surface area contributed by atoms with Crippen LogP contribution in [0.2, 0.25) is 0 Å². The van der Waals surface area contributed by atoms with Crippen molar-refractivity contribution >= 4 is 23.5 Å². The van der Waals surface area contributed by atoms with Gasteiger partial charge in [0.15, 0.2) is 6.10 Å². The summed E-state index contributed by atoms with van der Waals surface area (Å²) < 4.78 is 21.0. The maximum absolute atomic E-state index is 14.8. The van der Waals surface area contributed by atoms with E-state index in [-0.39, 0.29) is 17.9 Å². The molecule has 1 aromatic heterocycles. The number of amidine groups is 1. The van der Waals surface area contributed by atoms with Crippen molar-refractivity contribution in [2.24, 2.45) is 5.73 Å². The van der Waals surface area contributed by atoms with E-state index in [1.807, 2.05) is 0 Å². The minimum atomic E-state index is -1.19. The zero-order chi connectivity index (χ0) is 21.7. The molecule has 1 unspecified atom stereocenters. The summed E-state index contributed by atoms with van der Waals surface area (Å²) in [4.78, 5) is 16.7. The number of nitrogens with one attached hydrogen (secondary N) is 1. The van der Waals surface area contributed by atoms with E-state index in [0.717, 1.165) is 15.5 Å². The highest BCUT2D eigenvalue weighted by atomic mass is 35.5. The van der Waals surface area contributed by atoms with E-state index in [0.29, 0.717) is 11.1 Å². The molecule has 3 N–H and O–H groups in total. The van der Waals surface area contributed by atoms with Gasteiger partial charge in [-0.2, -0.15) is 0 Å². The number of pyridine rings is 1. The number of carbonyl (C=O) groups is 1. The molecule has 1 amide bonds. The Hall–Kier alpha value is -3.29. The summed E-state index contributed by atoms with van der Waals surface area (Å²) in [5.41, 5.74) is 8.30. The van der Waals surface area contributed by atoms with Gasteiger partial charge in [-0.3, -0.25) is 15.2 Å². The monoisotopic (exact) mass is 426 g/mol. The molecule has 0 fully saturated rings. The molecule has 3 rings (SSSR count). The highest BCUT2D eigenvalue weighted by molar-refractivity contribution is 6.21. The van der Waals surface area contributed by atoms with Crippen molar-refractivity contribution in [3.63, 3.8) is 0 Å². The topological polar surface area (TPSA) is 92.3 Å². The molecule has 1 heterocycles. The molecule has 3 aromatic rings. The molecule has 8 heteroatoms. The number of methoxy groups -OCH3 is 1. The van der Waals surface area contributed by atoms with E-state index in [9.17, 15) is 9.18 Å². The van der Waals surface area contributed by atoms with E-state index >= 15 is 0 Å². The maximum Gasteiger partial charge on any atom is 0.271 e. The number of amides is 1. The lowest BCUT2D eigenvalue weighted by Crippen LogP contribution is -2.29. The SMILES string of the molecule is COC(C(=O)N(Cl)Cc1ccc(C(=N)N)cc1)c1ccc(-c2ccncc2)cc1F. The first-order chi connectivity index (χ1) is 14.4. The lowest BCUT2D eigenvalue weighted by molar-refractivity contribution is -0.138. The molecule has 0 radical (unpaired) electrons. The van der Waals surface area contributed by atoms with Crippen LogP contribution in [0.5, 0.6) is 0 Å². The number of rotatable bonds is 7. The van der Waals surface area contributed by atoms with Crippen molar-refractivity contribution in [2.45, 2.75) is 12.6 Å². The van der Waals surface area contributed by atoms with Gasteiger partial charge in [-0.15, -0.1) is 0 Å². The molecule has 0 spiro atoms. The van der Waals surface area contributed by atoms with Gasteiger partial charge in [-0.1, -0.05) is 36.4 Å². The number of nitrogen functional groups attached to an aromatic ring is 1. The molecule has 0 aliphatic rings. The average molecular weight is 427 g/mol. The number of nitrogens with two attached hydrogens (primary N) is 1. The number of ether oxygens (including phenoxy) is 1. The van der Waals surface area contributed by atoms with Crippen LogP contribution < -0.4 is 5.73 Å². The van der Waals surface area contributed by atoms with E-state index in [2.05, 4.69) is 4.98 Å². The smallest absolute Gasteiger partial charge is 0.271 e. The number of carbonyl (C=O) groups excluding carboxylic acids is 1. The highest BCUT2D eigenvalue weighted by Crippen LogP contribution is 2.28. The van der Waals surface area contributed by atoms with Crippen molar-refractivity contribution in [1.29, 1.82) is 5.41 Å². The normalized spacial score (nSPS) is 11.7. The van der Waals surface area contributed by atoms with Crippen molar-refractivity contribution in [3.05, 3.63) is 89.5 Å². The molecule has 30 heavy (non-hydrogen) atoms. The summed E-state index contributed by atoms with van der Waals surface area (Å²) in [6.07, 6.45) is 2.05. The molecule has 0 aliphatic carbocycles. The van der Waals surface area contributed by atoms with Crippen LogP contribution in [0.25, 0.3) is 11.1 Å². The zero-order valence-electron chi connectivity index (χ0n) is 16.2. The van der Waals surface area contributed by atoms with Gasteiger partial charge in [0.2, 0.25) is 0 Å². The maximum atomic E-state index is 14.8. The van der Waals surface area contributed by atoms with Gasteiger partial charge in [0.25, 0.3) is 5.91 Å². The Kier molecular flexibility index (Phi) is 6.76. The predicted molar refractivity (Wildman–Crippen MR) is 113 cm³/mol. The summed E-state index contributed by atoms with van der Waals surface area (Å²) in [6.45, 7) is 0.0785. The van der Waals surface area contributed by atoms with E-state index < -0.39 is 17.8 Å². The van der Waals surface area contributed by atoms with E-state index in [1.165, 1.54) is 19.2 Å². The van der Waals surface area contributed by atoms with Gasteiger partial charge >= 0.3 is 0 Å². The zero-order valence-corrected chi connectivity index (χ0v) is 16.9. The molecule has 6 nitrogen and oxygen atoms in total. The lowest BCUT2D eigenvalue weighted by atomic mass is 10.0. The van der Waals surface area contributed by atoms with Gasteiger partial charge < -0.3 is 10.5 Å². The lowest BCUT2D eigenvalue weighted by Gasteiger charge is -2.21. The number of aromatic nitrogens is 1. The van der Waals surface area contributed by atoms with Crippen LogP contribution in [0, 0.1) is 11.2 Å². The Morgan fingerprint density at radius 3 is 2.40 bits per heavy atom. The Balaban J connectivity index is 1.77. The van der Waals surface area contributed by atoms with Crippen molar-refractivity contribution < 1.29 is 13.9 Å². The van der Waals surface area contributed by atoms with Gasteiger partial charge in [-0.05, 0) is 34.9 Å². The number of hydrogen-bond acceptors (Lipinski definition) is 4. The van der Waals surface area contributed by atoms with Crippen LogP contribution in [0.3, 0.4) is 0 Å². The first-order valence-electron chi connectivity index (χ1n) is 9.04.